The highest BCUT2D eigenvalue weighted by Gasteiger charge is 2.16. The molecule has 142 valence electrons. The number of rotatable bonds is 8. The lowest BCUT2D eigenvalue weighted by Crippen LogP contribution is -2.36. The molecule has 0 amide bonds. The van der Waals surface area contributed by atoms with Crippen molar-refractivity contribution < 1.29 is 18.6 Å². The van der Waals surface area contributed by atoms with Crippen LogP contribution in [0.2, 0.25) is 0 Å². The summed E-state index contributed by atoms with van der Waals surface area (Å²) in [6.07, 6.45) is -0.0860. The first-order chi connectivity index (χ1) is 12.3. The summed E-state index contributed by atoms with van der Waals surface area (Å²) < 4.78 is 33.6. The van der Waals surface area contributed by atoms with Crippen LogP contribution in [0.4, 0.5) is 8.78 Å². The van der Waals surface area contributed by atoms with E-state index in [9.17, 15) is 13.9 Å². The second-order valence-electron chi connectivity index (χ2n) is 6.85. The average molecular weight is 364 g/mol. The zero-order valence-corrected chi connectivity index (χ0v) is 15.6. The molecule has 2 rings (SSSR count). The van der Waals surface area contributed by atoms with Crippen molar-refractivity contribution in [2.75, 3.05) is 6.61 Å². The van der Waals surface area contributed by atoms with Crippen molar-refractivity contribution >= 4 is 0 Å². The van der Waals surface area contributed by atoms with Crippen molar-refractivity contribution in [3.05, 3.63) is 47.7 Å². The van der Waals surface area contributed by atoms with E-state index in [2.05, 4.69) is 10.3 Å². The van der Waals surface area contributed by atoms with Gasteiger partial charge in [-0.25, -0.2) is 13.8 Å². The fourth-order valence-electron chi connectivity index (χ4n) is 2.56. The van der Waals surface area contributed by atoms with E-state index in [1.165, 1.54) is 24.3 Å². The number of hydrogen-bond acceptors (Lipinski definition) is 4. The van der Waals surface area contributed by atoms with Crippen molar-refractivity contribution in [1.82, 2.24) is 10.3 Å². The smallest absolute Gasteiger partial charge is 0.146 e. The molecular formula is C20H26F2N2O2. The standard InChI is InChI=1S/C20H26F2N2O2/c1-12(2)19(11-25)23-10-18-16(22)6-7-17(24-18)15-9-14(21)5-8-20(15)26-13(3)4/h5-9,12-13,19,23,25H,10-11H2,1-4H3/t19-/m0/s1. The van der Waals surface area contributed by atoms with Crippen LogP contribution < -0.4 is 10.1 Å². The minimum Gasteiger partial charge on any atom is -0.490 e. The van der Waals surface area contributed by atoms with Crippen LogP contribution in [-0.2, 0) is 6.54 Å². The molecule has 0 radical (unpaired) electrons. The largest absolute Gasteiger partial charge is 0.490 e. The topological polar surface area (TPSA) is 54.4 Å². The Bertz CT molecular complexity index is 736. The van der Waals surface area contributed by atoms with Crippen LogP contribution in [0.1, 0.15) is 33.4 Å². The molecular weight excluding hydrogens is 338 g/mol. The number of halogens is 2. The Kier molecular flexibility index (Phi) is 7.06. The van der Waals surface area contributed by atoms with E-state index in [-0.39, 0.29) is 36.9 Å². The van der Waals surface area contributed by atoms with E-state index in [1.807, 2.05) is 27.7 Å². The molecule has 0 bridgehead atoms. The highest BCUT2D eigenvalue weighted by atomic mass is 19.1. The third-order valence-corrected chi connectivity index (χ3v) is 4.03. The summed E-state index contributed by atoms with van der Waals surface area (Å²) in [4.78, 5) is 4.35. The Morgan fingerprint density at radius 1 is 1.12 bits per heavy atom. The van der Waals surface area contributed by atoms with E-state index in [0.29, 0.717) is 17.0 Å². The highest BCUT2D eigenvalue weighted by molar-refractivity contribution is 5.67. The second-order valence-corrected chi connectivity index (χ2v) is 6.85. The van der Waals surface area contributed by atoms with Crippen LogP contribution in [0.5, 0.6) is 5.75 Å². The Balaban J connectivity index is 2.33. The molecule has 0 saturated carbocycles. The first-order valence-electron chi connectivity index (χ1n) is 8.78. The van der Waals surface area contributed by atoms with Crippen molar-refractivity contribution in [1.29, 1.82) is 0 Å². The summed E-state index contributed by atoms with van der Waals surface area (Å²) in [5.74, 6) is -0.179. The molecule has 1 aromatic heterocycles. The molecule has 6 heteroatoms. The maximum absolute atomic E-state index is 14.2. The number of aliphatic hydroxyl groups excluding tert-OH is 1. The summed E-state index contributed by atoms with van der Waals surface area (Å²) in [7, 11) is 0. The molecule has 0 fully saturated rings. The average Bonchev–Trinajstić information content (AvgIpc) is 2.58. The Hall–Kier alpha value is -2.05. The van der Waals surface area contributed by atoms with E-state index in [0.717, 1.165) is 0 Å². The van der Waals surface area contributed by atoms with E-state index in [1.54, 1.807) is 6.07 Å². The molecule has 1 aromatic carbocycles. The first kappa shape index (κ1) is 20.3. The molecule has 1 atom stereocenters. The van der Waals surface area contributed by atoms with E-state index in [4.69, 9.17) is 4.74 Å². The summed E-state index contributed by atoms with van der Waals surface area (Å²) in [5.41, 5.74) is 1.12. The predicted molar refractivity (Wildman–Crippen MR) is 97.9 cm³/mol. The molecule has 0 aliphatic carbocycles. The molecule has 0 saturated heterocycles. The normalized spacial score (nSPS) is 12.7. The lowest BCUT2D eigenvalue weighted by atomic mass is 10.1. The van der Waals surface area contributed by atoms with Gasteiger partial charge in [0.2, 0.25) is 0 Å². The van der Waals surface area contributed by atoms with Crippen molar-refractivity contribution in [3.8, 4) is 17.0 Å². The summed E-state index contributed by atoms with van der Waals surface area (Å²) in [6.45, 7) is 7.81. The molecule has 26 heavy (non-hydrogen) atoms. The van der Waals surface area contributed by atoms with Crippen LogP contribution in [0.3, 0.4) is 0 Å². The Labute approximate surface area is 153 Å². The number of pyridine rings is 1. The summed E-state index contributed by atoms with van der Waals surface area (Å²) >= 11 is 0. The van der Waals surface area contributed by atoms with Gasteiger partial charge >= 0.3 is 0 Å². The van der Waals surface area contributed by atoms with E-state index < -0.39 is 11.6 Å². The van der Waals surface area contributed by atoms with Gasteiger partial charge < -0.3 is 15.2 Å². The Morgan fingerprint density at radius 3 is 2.46 bits per heavy atom. The van der Waals surface area contributed by atoms with Crippen LogP contribution >= 0.6 is 0 Å². The van der Waals surface area contributed by atoms with Gasteiger partial charge in [-0.1, -0.05) is 13.8 Å². The number of nitrogens with one attached hydrogen (secondary N) is 1. The molecule has 0 unspecified atom stereocenters. The summed E-state index contributed by atoms with van der Waals surface area (Å²) in [5, 5.41) is 12.5. The zero-order valence-electron chi connectivity index (χ0n) is 15.6. The maximum atomic E-state index is 14.2. The molecule has 0 aliphatic rings. The monoisotopic (exact) mass is 364 g/mol. The quantitative estimate of drug-likeness (QED) is 0.745. The maximum Gasteiger partial charge on any atom is 0.146 e. The van der Waals surface area contributed by atoms with Gasteiger partial charge in [0.1, 0.15) is 17.4 Å². The number of ether oxygens (including phenoxy) is 1. The van der Waals surface area contributed by atoms with Crippen molar-refractivity contribution in [2.24, 2.45) is 5.92 Å². The predicted octanol–water partition coefficient (Wildman–Crippen LogP) is 3.92. The summed E-state index contributed by atoms with van der Waals surface area (Å²) in [6, 6.07) is 6.86. The molecule has 4 nitrogen and oxygen atoms in total. The fraction of sp³-hybridized carbons (Fsp3) is 0.450. The van der Waals surface area contributed by atoms with Crippen LogP contribution in [0, 0.1) is 17.6 Å². The third-order valence-electron chi connectivity index (χ3n) is 4.03. The van der Waals surface area contributed by atoms with Gasteiger partial charge in [-0.05, 0) is 50.1 Å². The minimum atomic E-state index is -0.454. The van der Waals surface area contributed by atoms with Gasteiger partial charge in [0, 0.05) is 18.2 Å². The number of nitrogens with zero attached hydrogens (tertiary/aromatic N) is 1. The van der Waals surface area contributed by atoms with Gasteiger partial charge in [-0.15, -0.1) is 0 Å². The van der Waals surface area contributed by atoms with Gasteiger partial charge in [-0.3, -0.25) is 0 Å². The van der Waals surface area contributed by atoms with E-state index >= 15 is 0 Å². The number of hydrogen-bond donors (Lipinski definition) is 2. The van der Waals surface area contributed by atoms with Gasteiger partial charge in [-0.2, -0.15) is 0 Å². The van der Waals surface area contributed by atoms with Crippen LogP contribution in [-0.4, -0.2) is 28.8 Å². The first-order valence-corrected chi connectivity index (χ1v) is 8.78. The van der Waals surface area contributed by atoms with Gasteiger partial charge in [0.25, 0.3) is 0 Å². The molecule has 1 heterocycles. The minimum absolute atomic E-state index is 0.0464. The Morgan fingerprint density at radius 2 is 1.85 bits per heavy atom. The molecule has 2 aromatic rings. The lowest BCUT2D eigenvalue weighted by Gasteiger charge is -2.20. The SMILES string of the molecule is CC(C)Oc1ccc(F)cc1-c1ccc(F)c(CN[C@@H](CO)C(C)C)n1. The van der Waals surface area contributed by atoms with Crippen molar-refractivity contribution in [3.63, 3.8) is 0 Å². The number of aromatic nitrogens is 1. The second kappa shape index (κ2) is 9.05. The van der Waals surface area contributed by atoms with Gasteiger partial charge in [0.15, 0.2) is 0 Å². The molecule has 0 spiro atoms. The third kappa shape index (κ3) is 5.22. The van der Waals surface area contributed by atoms with Gasteiger partial charge in [0.05, 0.1) is 24.1 Å². The van der Waals surface area contributed by atoms with Crippen LogP contribution in [0.25, 0.3) is 11.3 Å². The molecule has 2 N–H and O–H groups in total. The number of aliphatic hydroxyl groups is 1. The fourth-order valence-corrected chi connectivity index (χ4v) is 2.56. The zero-order chi connectivity index (χ0) is 19.3. The highest BCUT2D eigenvalue weighted by Crippen LogP contribution is 2.31. The lowest BCUT2D eigenvalue weighted by molar-refractivity contribution is 0.209. The van der Waals surface area contributed by atoms with Crippen molar-refractivity contribution in [2.45, 2.75) is 46.4 Å². The molecule has 0 aliphatic heterocycles. The number of benzene rings is 1. The van der Waals surface area contributed by atoms with Crippen LogP contribution in [0.15, 0.2) is 30.3 Å².